The van der Waals surface area contributed by atoms with Gasteiger partial charge in [0.2, 0.25) is 5.91 Å². The molecule has 0 unspecified atom stereocenters. The van der Waals surface area contributed by atoms with Crippen molar-refractivity contribution in [2.45, 2.75) is 12.8 Å². The van der Waals surface area contributed by atoms with E-state index in [1.54, 1.807) is 24.3 Å². The molecule has 1 saturated heterocycles. The summed E-state index contributed by atoms with van der Waals surface area (Å²) in [6, 6.07) is 6.98. The van der Waals surface area contributed by atoms with E-state index in [1.807, 2.05) is 4.90 Å². The lowest BCUT2D eigenvalue weighted by Gasteiger charge is -2.15. The van der Waals surface area contributed by atoms with Crippen LogP contribution in [0.15, 0.2) is 36.9 Å². The summed E-state index contributed by atoms with van der Waals surface area (Å²) in [4.78, 5) is 25.2. The normalized spacial score (nSPS) is 14.3. The number of benzene rings is 1. The Morgan fingerprint density at radius 2 is 2.00 bits per heavy atom. The second kappa shape index (κ2) is 5.49. The molecule has 1 heterocycles. The van der Waals surface area contributed by atoms with Gasteiger partial charge < -0.3 is 10.2 Å². The van der Waals surface area contributed by atoms with Gasteiger partial charge in [-0.15, -0.1) is 0 Å². The molecule has 1 N–H and O–H groups in total. The van der Waals surface area contributed by atoms with Crippen LogP contribution in [0.25, 0.3) is 0 Å². The van der Waals surface area contributed by atoms with Crippen molar-refractivity contribution in [3.63, 3.8) is 0 Å². The molecule has 94 valence electrons. The van der Waals surface area contributed by atoms with Gasteiger partial charge in [0.05, 0.1) is 0 Å². The van der Waals surface area contributed by atoms with E-state index in [9.17, 15) is 9.59 Å². The number of anilines is 1. The molecule has 4 heteroatoms. The predicted molar refractivity (Wildman–Crippen MR) is 70.4 cm³/mol. The molecule has 1 fully saturated rings. The van der Waals surface area contributed by atoms with Gasteiger partial charge in [-0.25, -0.2) is 0 Å². The molecule has 4 nitrogen and oxygen atoms in total. The highest BCUT2D eigenvalue weighted by Crippen LogP contribution is 2.16. The van der Waals surface area contributed by atoms with Gasteiger partial charge in [0, 0.05) is 24.3 Å². The smallest absolute Gasteiger partial charge is 0.253 e. The summed E-state index contributed by atoms with van der Waals surface area (Å²) in [6.07, 6.45) is 3.34. The molecular weight excluding hydrogens is 228 g/mol. The molecule has 2 amide bonds. The molecule has 1 aromatic rings. The molecule has 0 aliphatic carbocycles. The summed E-state index contributed by atoms with van der Waals surface area (Å²) < 4.78 is 0. The van der Waals surface area contributed by atoms with Crippen LogP contribution in [0.2, 0.25) is 0 Å². The molecule has 0 atom stereocenters. The summed E-state index contributed by atoms with van der Waals surface area (Å²) >= 11 is 0. The SMILES string of the molecule is C=CC(=O)Nc1cccc(C(=O)N2CCCC2)c1. The molecule has 1 aliphatic heterocycles. The molecule has 1 aromatic carbocycles. The zero-order valence-electron chi connectivity index (χ0n) is 10.2. The third-order valence-electron chi connectivity index (χ3n) is 2.96. The fourth-order valence-electron chi connectivity index (χ4n) is 2.03. The minimum Gasteiger partial charge on any atom is -0.339 e. The third kappa shape index (κ3) is 2.77. The van der Waals surface area contributed by atoms with E-state index in [1.165, 1.54) is 6.08 Å². The number of carbonyl (C=O) groups excluding carboxylic acids is 2. The summed E-state index contributed by atoms with van der Waals surface area (Å²) in [5.41, 5.74) is 1.23. The standard InChI is InChI=1S/C14H16N2O2/c1-2-13(17)15-12-7-5-6-11(10-12)14(18)16-8-3-4-9-16/h2,5-7,10H,1,3-4,8-9H2,(H,15,17). The highest BCUT2D eigenvalue weighted by Gasteiger charge is 2.19. The lowest BCUT2D eigenvalue weighted by molar-refractivity contribution is -0.111. The lowest BCUT2D eigenvalue weighted by atomic mass is 10.1. The summed E-state index contributed by atoms with van der Waals surface area (Å²) in [7, 11) is 0. The van der Waals surface area contributed by atoms with Crippen molar-refractivity contribution >= 4 is 17.5 Å². The zero-order chi connectivity index (χ0) is 13.0. The minimum atomic E-state index is -0.277. The van der Waals surface area contributed by atoms with Gasteiger partial charge in [-0.3, -0.25) is 9.59 Å². The Morgan fingerprint density at radius 1 is 1.28 bits per heavy atom. The minimum absolute atomic E-state index is 0.0298. The molecule has 0 spiro atoms. The fraction of sp³-hybridized carbons (Fsp3) is 0.286. The first kappa shape index (κ1) is 12.4. The van der Waals surface area contributed by atoms with Crippen LogP contribution in [0.4, 0.5) is 5.69 Å². The highest BCUT2D eigenvalue weighted by atomic mass is 16.2. The van der Waals surface area contributed by atoms with E-state index in [0.29, 0.717) is 11.3 Å². The van der Waals surface area contributed by atoms with Gasteiger partial charge in [0.25, 0.3) is 5.91 Å². The predicted octanol–water partition coefficient (Wildman–Crippen LogP) is 2.05. The first-order chi connectivity index (χ1) is 8.70. The maximum Gasteiger partial charge on any atom is 0.253 e. The van der Waals surface area contributed by atoms with Crippen LogP contribution in [0, 0.1) is 0 Å². The first-order valence-corrected chi connectivity index (χ1v) is 6.03. The second-order valence-electron chi connectivity index (χ2n) is 4.27. The largest absolute Gasteiger partial charge is 0.339 e. The number of nitrogens with one attached hydrogen (secondary N) is 1. The maximum absolute atomic E-state index is 12.1. The quantitative estimate of drug-likeness (QED) is 0.827. The molecule has 2 rings (SSSR count). The number of amides is 2. The average molecular weight is 244 g/mol. The zero-order valence-corrected chi connectivity index (χ0v) is 10.2. The Morgan fingerprint density at radius 3 is 2.67 bits per heavy atom. The van der Waals surface area contributed by atoms with E-state index in [4.69, 9.17) is 0 Å². The van der Waals surface area contributed by atoms with Crippen molar-refractivity contribution in [3.05, 3.63) is 42.5 Å². The van der Waals surface area contributed by atoms with E-state index in [0.717, 1.165) is 25.9 Å². The lowest BCUT2D eigenvalue weighted by Crippen LogP contribution is -2.27. The molecular formula is C14H16N2O2. The van der Waals surface area contributed by atoms with Crippen molar-refractivity contribution in [1.29, 1.82) is 0 Å². The van der Waals surface area contributed by atoms with Crippen molar-refractivity contribution < 1.29 is 9.59 Å². The van der Waals surface area contributed by atoms with Gasteiger partial charge >= 0.3 is 0 Å². The highest BCUT2D eigenvalue weighted by molar-refractivity contribution is 6.00. The van der Waals surface area contributed by atoms with Gasteiger partial charge in [0.15, 0.2) is 0 Å². The van der Waals surface area contributed by atoms with Crippen molar-refractivity contribution in [2.75, 3.05) is 18.4 Å². The first-order valence-electron chi connectivity index (χ1n) is 6.03. The van der Waals surface area contributed by atoms with Crippen molar-refractivity contribution in [3.8, 4) is 0 Å². The molecule has 0 aromatic heterocycles. The second-order valence-corrected chi connectivity index (χ2v) is 4.27. The van der Waals surface area contributed by atoms with Crippen LogP contribution in [0.3, 0.4) is 0 Å². The van der Waals surface area contributed by atoms with Crippen molar-refractivity contribution in [1.82, 2.24) is 4.90 Å². The van der Waals surface area contributed by atoms with Crippen LogP contribution >= 0.6 is 0 Å². The van der Waals surface area contributed by atoms with Crippen molar-refractivity contribution in [2.24, 2.45) is 0 Å². The molecule has 18 heavy (non-hydrogen) atoms. The van der Waals surface area contributed by atoms with E-state index < -0.39 is 0 Å². The molecule has 0 radical (unpaired) electrons. The Hall–Kier alpha value is -2.10. The average Bonchev–Trinajstić information content (AvgIpc) is 2.92. The number of rotatable bonds is 3. The number of nitrogens with zero attached hydrogens (tertiary/aromatic N) is 1. The monoisotopic (exact) mass is 244 g/mol. The van der Waals surface area contributed by atoms with Crippen LogP contribution in [0.1, 0.15) is 23.2 Å². The van der Waals surface area contributed by atoms with Crippen LogP contribution in [-0.4, -0.2) is 29.8 Å². The van der Waals surface area contributed by atoms with Crippen LogP contribution in [0.5, 0.6) is 0 Å². The van der Waals surface area contributed by atoms with Gasteiger partial charge in [-0.05, 0) is 37.1 Å². The third-order valence-corrected chi connectivity index (χ3v) is 2.96. The summed E-state index contributed by atoms with van der Waals surface area (Å²) in [5, 5.41) is 2.65. The molecule has 1 aliphatic rings. The molecule has 0 saturated carbocycles. The van der Waals surface area contributed by atoms with E-state index in [2.05, 4.69) is 11.9 Å². The number of hydrogen-bond donors (Lipinski definition) is 1. The Balaban J connectivity index is 2.13. The van der Waals surface area contributed by atoms with Crippen LogP contribution in [-0.2, 0) is 4.79 Å². The number of likely N-dealkylation sites (tertiary alicyclic amines) is 1. The Bertz CT molecular complexity index is 476. The number of hydrogen-bond acceptors (Lipinski definition) is 2. The Kier molecular flexibility index (Phi) is 3.77. The van der Waals surface area contributed by atoms with E-state index >= 15 is 0 Å². The summed E-state index contributed by atoms with van der Waals surface area (Å²) in [6.45, 7) is 5.03. The Labute approximate surface area is 106 Å². The van der Waals surface area contributed by atoms with Gasteiger partial charge in [-0.2, -0.15) is 0 Å². The maximum atomic E-state index is 12.1. The van der Waals surface area contributed by atoms with E-state index in [-0.39, 0.29) is 11.8 Å². The fourth-order valence-corrected chi connectivity index (χ4v) is 2.03. The van der Waals surface area contributed by atoms with Gasteiger partial charge in [-0.1, -0.05) is 12.6 Å². The van der Waals surface area contributed by atoms with Gasteiger partial charge in [0.1, 0.15) is 0 Å². The molecule has 0 bridgehead atoms. The topological polar surface area (TPSA) is 49.4 Å². The summed E-state index contributed by atoms with van der Waals surface area (Å²) in [5.74, 6) is -0.247. The van der Waals surface area contributed by atoms with Crippen LogP contribution < -0.4 is 5.32 Å². The number of carbonyl (C=O) groups is 2.